The summed E-state index contributed by atoms with van der Waals surface area (Å²) in [7, 11) is 0. The van der Waals surface area contributed by atoms with E-state index in [1.54, 1.807) is 0 Å². The Bertz CT molecular complexity index is 582. The van der Waals surface area contributed by atoms with E-state index in [1.807, 2.05) is 60.7 Å². The van der Waals surface area contributed by atoms with E-state index in [4.69, 9.17) is 36.9 Å². The molecule has 0 aliphatic carbocycles. The van der Waals surface area contributed by atoms with E-state index < -0.39 is 0 Å². The summed E-state index contributed by atoms with van der Waals surface area (Å²) in [6, 6.07) is 20.2. The van der Waals surface area contributed by atoms with Crippen molar-refractivity contribution in [3.63, 3.8) is 0 Å². The number of thioether (sulfide) groups is 2. The van der Waals surface area contributed by atoms with Crippen molar-refractivity contribution in [3.05, 3.63) is 71.8 Å². The minimum absolute atomic E-state index is 0. The summed E-state index contributed by atoms with van der Waals surface area (Å²) in [6.45, 7) is 0. The molecule has 0 heterocycles. The molecule has 2 rings (SSSR count). The van der Waals surface area contributed by atoms with Crippen LogP contribution in [0.15, 0.2) is 70.9 Å². The summed E-state index contributed by atoms with van der Waals surface area (Å²) in [4.78, 5) is 0. The third kappa shape index (κ3) is 12.2. The Morgan fingerprint density at radius 1 is 0.720 bits per heavy atom. The quantitative estimate of drug-likeness (QED) is 0.182. The third-order valence-corrected chi connectivity index (χ3v) is 5.20. The molecule has 0 amide bonds. The van der Waals surface area contributed by atoms with Crippen molar-refractivity contribution in [2.75, 3.05) is 0 Å². The van der Waals surface area contributed by atoms with Crippen LogP contribution in [0.3, 0.4) is 0 Å². The first-order valence-electron chi connectivity index (χ1n) is 6.89. The molecule has 0 aliphatic rings. The zero-order valence-corrected chi connectivity index (χ0v) is 19.8. The molecule has 0 saturated heterocycles. The van der Waals surface area contributed by atoms with E-state index in [2.05, 4.69) is 10.2 Å². The number of rotatable bonds is 4. The van der Waals surface area contributed by atoms with Gasteiger partial charge >= 0.3 is 19.5 Å². The number of hydrogen-bond donors (Lipinski definition) is 2. The van der Waals surface area contributed by atoms with Crippen LogP contribution in [-0.2, 0) is 56.2 Å². The van der Waals surface area contributed by atoms with E-state index in [0.29, 0.717) is 8.75 Å². The first-order chi connectivity index (χ1) is 11.7. The van der Waals surface area contributed by atoms with Crippen LogP contribution in [0.1, 0.15) is 11.1 Å². The van der Waals surface area contributed by atoms with Gasteiger partial charge in [-0.15, -0.1) is 23.5 Å². The molecule has 0 saturated carbocycles. The SMILES string of the molecule is N/N=C(/[S-])SCc1ccccc1.N/N=C(\[S-])SCc1ccccc1.[Zn+2]. The molecule has 0 aromatic heterocycles. The van der Waals surface area contributed by atoms with Crippen molar-refractivity contribution in [1.29, 1.82) is 0 Å². The van der Waals surface area contributed by atoms with Crippen LogP contribution in [0, 0.1) is 0 Å². The van der Waals surface area contributed by atoms with Crippen LogP contribution in [0.2, 0.25) is 0 Å². The van der Waals surface area contributed by atoms with Gasteiger partial charge in [-0.05, 0) is 19.9 Å². The molecule has 25 heavy (non-hydrogen) atoms. The van der Waals surface area contributed by atoms with E-state index >= 15 is 0 Å². The normalized spacial score (nSPS) is 11.0. The smallest absolute Gasteiger partial charge is 0.752 e. The summed E-state index contributed by atoms with van der Waals surface area (Å²) in [5.41, 5.74) is 2.46. The van der Waals surface area contributed by atoms with Crippen LogP contribution in [0.5, 0.6) is 0 Å². The molecule has 4 N–H and O–H groups in total. The number of benzene rings is 2. The molecule has 0 bridgehead atoms. The van der Waals surface area contributed by atoms with E-state index in [-0.39, 0.29) is 19.5 Å². The molecule has 2 aromatic rings. The molecule has 0 atom stereocenters. The molecule has 128 valence electrons. The largest absolute Gasteiger partial charge is 2.00 e. The van der Waals surface area contributed by atoms with Crippen molar-refractivity contribution >= 4 is 57.5 Å². The monoisotopic (exact) mass is 458 g/mol. The summed E-state index contributed by atoms with van der Waals surface area (Å²) >= 11 is 12.6. The van der Waals surface area contributed by atoms with Crippen molar-refractivity contribution in [2.24, 2.45) is 21.9 Å². The van der Waals surface area contributed by atoms with Gasteiger partial charge in [-0.1, -0.05) is 60.7 Å². The Kier molecular flexibility index (Phi) is 14.9. The van der Waals surface area contributed by atoms with Gasteiger partial charge in [0.15, 0.2) is 0 Å². The van der Waals surface area contributed by atoms with Gasteiger partial charge in [0.05, 0.1) is 0 Å². The maximum atomic E-state index is 5.00. The Balaban J connectivity index is 0.000000443. The molecule has 0 aliphatic heterocycles. The second-order valence-electron chi connectivity index (χ2n) is 4.34. The summed E-state index contributed by atoms with van der Waals surface area (Å²) in [5, 5.41) is 6.80. The van der Waals surface area contributed by atoms with Crippen molar-refractivity contribution < 1.29 is 19.5 Å². The maximum absolute atomic E-state index is 5.00. The molecule has 0 spiro atoms. The van der Waals surface area contributed by atoms with Gasteiger partial charge in [0, 0.05) is 11.5 Å². The second-order valence-corrected chi connectivity index (χ2v) is 7.56. The van der Waals surface area contributed by atoms with Gasteiger partial charge in [-0.3, -0.25) is 0 Å². The predicted molar refractivity (Wildman–Crippen MR) is 113 cm³/mol. The number of nitrogens with two attached hydrogens (primary N) is 2. The molecule has 0 fully saturated rings. The molecule has 9 heteroatoms. The molecule has 0 unspecified atom stereocenters. The Morgan fingerprint density at radius 3 is 1.32 bits per heavy atom. The van der Waals surface area contributed by atoms with Crippen LogP contribution < -0.4 is 11.7 Å². The zero-order chi connectivity index (χ0) is 17.6. The first-order valence-corrected chi connectivity index (χ1v) is 9.67. The fourth-order valence-electron chi connectivity index (χ4n) is 1.51. The van der Waals surface area contributed by atoms with Gasteiger partial charge in [-0.2, -0.15) is 0 Å². The first kappa shape index (κ1) is 24.1. The van der Waals surface area contributed by atoms with Crippen molar-refractivity contribution in [1.82, 2.24) is 0 Å². The van der Waals surface area contributed by atoms with E-state index in [0.717, 1.165) is 11.5 Å². The molecule has 4 nitrogen and oxygen atoms in total. The summed E-state index contributed by atoms with van der Waals surface area (Å²) < 4.78 is 0.998. The predicted octanol–water partition coefficient (Wildman–Crippen LogP) is 3.39. The van der Waals surface area contributed by atoms with Crippen LogP contribution in [-0.4, -0.2) is 8.75 Å². The second kappa shape index (κ2) is 15.4. The van der Waals surface area contributed by atoms with Gasteiger partial charge < -0.3 is 36.9 Å². The van der Waals surface area contributed by atoms with Gasteiger partial charge in [0.2, 0.25) is 0 Å². The number of hydrogen-bond acceptors (Lipinski definition) is 8. The van der Waals surface area contributed by atoms with E-state index in [1.165, 1.54) is 34.7 Å². The molecule has 2 aromatic carbocycles. The van der Waals surface area contributed by atoms with Gasteiger partial charge in [0.1, 0.15) is 0 Å². The fraction of sp³-hybridized carbons (Fsp3) is 0.125. The van der Waals surface area contributed by atoms with Crippen molar-refractivity contribution in [3.8, 4) is 0 Å². The molecular weight excluding hydrogens is 442 g/mol. The van der Waals surface area contributed by atoms with Crippen LogP contribution >= 0.6 is 23.5 Å². The van der Waals surface area contributed by atoms with Crippen LogP contribution in [0.4, 0.5) is 0 Å². The number of nitrogens with zero attached hydrogens (tertiary/aromatic N) is 2. The Hall–Kier alpha value is -0.857. The standard InChI is InChI=1S/2C8H10N2S2.Zn/c2*9-10-8(11)12-6-7-4-2-1-3-5-7;/h2*1-5H,6,9H2,(H,10,11);/q;;+2/p-2. The molecular formula is C16H18N4S4Zn. The maximum Gasteiger partial charge on any atom is 2.00 e. The average molecular weight is 460 g/mol. The fourth-order valence-corrected chi connectivity index (χ4v) is 2.98. The van der Waals surface area contributed by atoms with Gasteiger partial charge in [-0.25, -0.2) is 10.2 Å². The number of hydrazone groups is 2. The summed E-state index contributed by atoms with van der Waals surface area (Å²) in [5.74, 6) is 11.7. The Labute approximate surface area is 181 Å². The minimum atomic E-state index is 0. The summed E-state index contributed by atoms with van der Waals surface area (Å²) in [6.07, 6.45) is 0. The topological polar surface area (TPSA) is 76.8 Å². The van der Waals surface area contributed by atoms with Crippen LogP contribution in [0.25, 0.3) is 0 Å². The molecule has 0 radical (unpaired) electrons. The zero-order valence-electron chi connectivity index (χ0n) is 13.6. The van der Waals surface area contributed by atoms with Gasteiger partial charge in [0.25, 0.3) is 0 Å². The van der Waals surface area contributed by atoms with Crippen molar-refractivity contribution in [2.45, 2.75) is 11.5 Å². The Morgan fingerprint density at radius 2 is 1.04 bits per heavy atom. The average Bonchev–Trinajstić information content (AvgIpc) is 2.66. The minimum Gasteiger partial charge on any atom is -0.752 e. The van der Waals surface area contributed by atoms with E-state index in [9.17, 15) is 0 Å². The third-order valence-electron chi connectivity index (χ3n) is 2.62.